The highest BCUT2D eigenvalue weighted by Crippen LogP contribution is 2.15. The van der Waals surface area contributed by atoms with E-state index in [1.807, 2.05) is 31.2 Å². The minimum absolute atomic E-state index is 0.115. The zero-order chi connectivity index (χ0) is 19.4. The Morgan fingerprint density at radius 3 is 2.67 bits per heavy atom. The van der Waals surface area contributed by atoms with Crippen molar-refractivity contribution in [2.24, 2.45) is 0 Å². The monoisotopic (exact) mass is 385 g/mol. The maximum Gasteiger partial charge on any atom is 0.253 e. The van der Waals surface area contributed by atoms with Crippen LogP contribution in [0.5, 0.6) is 0 Å². The van der Waals surface area contributed by atoms with Gasteiger partial charge < -0.3 is 20.3 Å². The fraction of sp³-hybridized carbons (Fsp3) is 0.200. The van der Waals surface area contributed by atoms with E-state index in [2.05, 4.69) is 10.3 Å². The van der Waals surface area contributed by atoms with E-state index in [1.54, 1.807) is 17.0 Å². The fourth-order valence-electron chi connectivity index (χ4n) is 2.80. The zero-order valence-corrected chi connectivity index (χ0v) is 15.6. The summed E-state index contributed by atoms with van der Waals surface area (Å²) in [5, 5.41) is 13.7. The number of aryl methyl sites for hydroxylation is 1. The molecule has 0 aliphatic carbocycles. The lowest BCUT2D eigenvalue weighted by atomic mass is 10.1. The Morgan fingerprint density at radius 1 is 1.22 bits per heavy atom. The molecule has 5 nitrogen and oxygen atoms in total. The van der Waals surface area contributed by atoms with E-state index in [0.29, 0.717) is 16.4 Å². The van der Waals surface area contributed by atoms with Gasteiger partial charge in [-0.05, 0) is 67.0 Å². The molecule has 0 aliphatic rings. The summed E-state index contributed by atoms with van der Waals surface area (Å²) in [7, 11) is 0. The number of fused-ring (bicyclic) bond motifs is 1. The lowest BCUT2D eigenvalue weighted by Crippen LogP contribution is -2.37. The van der Waals surface area contributed by atoms with Gasteiger partial charge in [0, 0.05) is 23.3 Å². The number of nitrogens with zero attached hydrogens (tertiary/aromatic N) is 1. The Labute approximate surface area is 161 Å². The van der Waals surface area contributed by atoms with Gasteiger partial charge in [0.05, 0.1) is 13.2 Å². The first-order chi connectivity index (χ1) is 13.0. The second-order valence-electron chi connectivity index (χ2n) is 6.30. The molecule has 0 atom stereocenters. The molecule has 0 fully saturated rings. The molecule has 0 unspecified atom stereocenters. The van der Waals surface area contributed by atoms with Gasteiger partial charge in [-0.3, -0.25) is 4.79 Å². The first-order valence-electron chi connectivity index (χ1n) is 8.51. The molecule has 140 valence electrons. The number of nitrogens with one attached hydrogen (secondary N) is 2. The van der Waals surface area contributed by atoms with E-state index in [0.717, 1.165) is 16.5 Å². The average Bonchev–Trinajstić information content (AvgIpc) is 2.64. The van der Waals surface area contributed by atoms with E-state index in [9.17, 15) is 14.3 Å². The maximum atomic E-state index is 13.0. The minimum Gasteiger partial charge on any atom is -0.395 e. The van der Waals surface area contributed by atoms with Crippen LogP contribution in [0.15, 0.2) is 53.3 Å². The van der Waals surface area contributed by atoms with Crippen molar-refractivity contribution in [3.8, 4) is 0 Å². The molecule has 0 saturated heterocycles. The van der Waals surface area contributed by atoms with Crippen molar-refractivity contribution in [1.29, 1.82) is 0 Å². The summed E-state index contributed by atoms with van der Waals surface area (Å²) >= 11 is 5.41. The van der Waals surface area contributed by atoms with Crippen molar-refractivity contribution in [1.82, 2.24) is 9.88 Å². The molecular weight excluding hydrogens is 365 g/mol. The molecule has 27 heavy (non-hydrogen) atoms. The number of aliphatic hydroxyl groups is 1. The lowest BCUT2D eigenvalue weighted by Gasteiger charge is -2.25. The molecule has 7 heteroatoms. The molecule has 3 aromatic rings. The molecule has 0 amide bonds. The summed E-state index contributed by atoms with van der Waals surface area (Å²) in [6, 6.07) is 13.5. The number of rotatable bonds is 5. The number of hydrogen-bond acceptors (Lipinski definition) is 3. The predicted molar refractivity (Wildman–Crippen MR) is 109 cm³/mol. The molecule has 3 N–H and O–H groups in total. The normalized spacial score (nSPS) is 10.8. The van der Waals surface area contributed by atoms with Gasteiger partial charge in [0.15, 0.2) is 5.11 Å². The SMILES string of the molecule is Cc1ccc2[nH]c(=O)c(CN(CCO)C(=S)Nc3ccc(F)cc3)cc2c1. The fourth-order valence-corrected chi connectivity index (χ4v) is 3.08. The number of benzene rings is 2. The van der Waals surface area contributed by atoms with Gasteiger partial charge in [-0.1, -0.05) is 11.6 Å². The van der Waals surface area contributed by atoms with Crippen LogP contribution in [0.2, 0.25) is 0 Å². The first-order valence-corrected chi connectivity index (χ1v) is 8.92. The average molecular weight is 385 g/mol. The number of aliphatic hydroxyl groups excluding tert-OH is 1. The van der Waals surface area contributed by atoms with Gasteiger partial charge in [-0.15, -0.1) is 0 Å². The highest BCUT2D eigenvalue weighted by atomic mass is 32.1. The molecule has 0 bridgehead atoms. The van der Waals surface area contributed by atoms with Crippen LogP contribution in [0, 0.1) is 12.7 Å². The van der Waals surface area contributed by atoms with Crippen molar-refractivity contribution in [3.63, 3.8) is 0 Å². The Hall–Kier alpha value is -2.77. The van der Waals surface area contributed by atoms with E-state index < -0.39 is 0 Å². The number of anilines is 1. The number of hydrogen-bond donors (Lipinski definition) is 3. The molecule has 0 saturated carbocycles. The number of aromatic nitrogens is 1. The molecule has 0 spiro atoms. The van der Waals surface area contributed by atoms with Gasteiger partial charge in [0.25, 0.3) is 5.56 Å². The predicted octanol–water partition coefficient (Wildman–Crippen LogP) is 3.17. The molecule has 3 rings (SSSR count). The number of halogens is 1. The van der Waals surface area contributed by atoms with Crippen molar-refractivity contribution in [2.75, 3.05) is 18.5 Å². The molecule has 1 aromatic heterocycles. The number of aromatic amines is 1. The van der Waals surface area contributed by atoms with Crippen LogP contribution in [0.1, 0.15) is 11.1 Å². The summed E-state index contributed by atoms with van der Waals surface area (Å²) in [5.41, 5.74) is 2.85. The van der Waals surface area contributed by atoms with Gasteiger partial charge in [-0.25, -0.2) is 4.39 Å². The highest BCUT2D eigenvalue weighted by Gasteiger charge is 2.13. The molecule has 2 aromatic carbocycles. The van der Waals surface area contributed by atoms with E-state index in [4.69, 9.17) is 12.2 Å². The largest absolute Gasteiger partial charge is 0.395 e. The third-order valence-electron chi connectivity index (χ3n) is 4.19. The van der Waals surface area contributed by atoms with Crippen LogP contribution in [-0.4, -0.2) is 33.3 Å². The van der Waals surface area contributed by atoms with Crippen molar-refractivity contribution in [3.05, 3.63) is 75.8 Å². The minimum atomic E-state index is -0.336. The standard InChI is InChI=1S/C20H20FN3O2S/c1-13-2-7-18-14(10-13)11-15(19(26)23-18)12-24(8-9-25)20(27)22-17-5-3-16(21)4-6-17/h2-7,10-11,25H,8-9,12H2,1H3,(H,22,27)(H,23,26). The summed E-state index contributed by atoms with van der Waals surface area (Å²) in [6.45, 7) is 2.38. The summed E-state index contributed by atoms with van der Waals surface area (Å²) in [5.74, 6) is -0.336. The Bertz CT molecular complexity index is 1020. The van der Waals surface area contributed by atoms with Crippen molar-refractivity contribution >= 4 is 33.9 Å². The molecule has 1 heterocycles. The third kappa shape index (κ3) is 4.69. The van der Waals surface area contributed by atoms with Crippen LogP contribution in [0.25, 0.3) is 10.9 Å². The second-order valence-corrected chi connectivity index (χ2v) is 6.68. The number of thiocarbonyl (C=S) groups is 1. The van der Waals surface area contributed by atoms with Crippen molar-refractivity contribution < 1.29 is 9.50 Å². The molecule has 0 aliphatic heterocycles. The smallest absolute Gasteiger partial charge is 0.253 e. The molecular formula is C20H20FN3O2S. The Balaban J connectivity index is 1.84. The zero-order valence-electron chi connectivity index (χ0n) is 14.8. The van der Waals surface area contributed by atoms with Crippen LogP contribution in [-0.2, 0) is 6.54 Å². The number of pyridine rings is 1. The van der Waals surface area contributed by atoms with Crippen LogP contribution < -0.4 is 10.9 Å². The topological polar surface area (TPSA) is 68.4 Å². The first kappa shape index (κ1) is 19.0. The van der Waals surface area contributed by atoms with Gasteiger partial charge in [-0.2, -0.15) is 0 Å². The van der Waals surface area contributed by atoms with Gasteiger partial charge in [0.2, 0.25) is 0 Å². The van der Waals surface area contributed by atoms with E-state index in [1.165, 1.54) is 12.1 Å². The van der Waals surface area contributed by atoms with Crippen LogP contribution in [0.3, 0.4) is 0 Å². The summed E-state index contributed by atoms with van der Waals surface area (Å²) < 4.78 is 13.0. The summed E-state index contributed by atoms with van der Waals surface area (Å²) in [4.78, 5) is 17.0. The van der Waals surface area contributed by atoms with Gasteiger partial charge >= 0.3 is 0 Å². The quantitative estimate of drug-likeness (QED) is 0.589. The number of H-pyrrole nitrogens is 1. The van der Waals surface area contributed by atoms with E-state index >= 15 is 0 Å². The van der Waals surface area contributed by atoms with Crippen molar-refractivity contribution in [2.45, 2.75) is 13.5 Å². The third-order valence-corrected chi connectivity index (χ3v) is 4.55. The Morgan fingerprint density at radius 2 is 1.96 bits per heavy atom. The van der Waals surface area contributed by atoms with Crippen LogP contribution >= 0.6 is 12.2 Å². The Kier molecular flexibility index (Phi) is 5.83. The lowest BCUT2D eigenvalue weighted by molar-refractivity contribution is 0.248. The summed E-state index contributed by atoms with van der Waals surface area (Å²) in [6.07, 6.45) is 0. The maximum absolute atomic E-state index is 13.0. The highest BCUT2D eigenvalue weighted by molar-refractivity contribution is 7.80. The van der Waals surface area contributed by atoms with E-state index in [-0.39, 0.29) is 31.1 Å². The molecule has 0 radical (unpaired) electrons. The second kappa shape index (κ2) is 8.28. The van der Waals surface area contributed by atoms with Gasteiger partial charge in [0.1, 0.15) is 5.82 Å². The van der Waals surface area contributed by atoms with Crippen LogP contribution in [0.4, 0.5) is 10.1 Å².